The molecule has 124 valence electrons. The summed E-state index contributed by atoms with van der Waals surface area (Å²) < 4.78 is 10.2. The predicted molar refractivity (Wildman–Crippen MR) is 80.9 cm³/mol. The van der Waals surface area contributed by atoms with Crippen LogP contribution in [0.25, 0.3) is 0 Å². The molecule has 0 aromatic rings. The number of hydrogen-bond donors (Lipinski definition) is 1. The van der Waals surface area contributed by atoms with Gasteiger partial charge in [0.1, 0.15) is 5.60 Å². The van der Waals surface area contributed by atoms with E-state index in [2.05, 4.69) is 11.4 Å². The van der Waals surface area contributed by atoms with Crippen LogP contribution in [0.4, 0.5) is 4.79 Å². The van der Waals surface area contributed by atoms with Crippen LogP contribution in [0.2, 0.25) is 0 Å². The first kappa shape index (κ1) is 18.3. The molecule has 1 unspecified atom stereocenters. The molecule has 0 bridgehead atoms. The van der Waals surface area contributed by atoms with Crippen molar-refractivity contribution in [3.8, 4) is 6.07 Å². The summed E-state index contributed by atoms with van der Waals surface area (Å²) in [5.74, 6) is -0.467. The first-order chi connectivity index (χ1) is 10.2. The fourth-order valence-corrected chi connectivity index (χ4v) is 2.50. The average Bonchev–Trinajstić information content (AvgIpc) is 2.33. The van der Waals surface area contributed by atoms with Crippen LogP contribution in [-0.4, -0.2) is 30.8 Å². The van der Waals surface area contributed by atoms with Gasteiger partial charge in [0.25, 0.3) is 0 Å². The summed E-state index contributed by atoms with van der Waals surface area (Å²) in [6.45, 7) is 7.50. The molecule has 1 rings (SSSR count). The van der Waals surface area contributed by atoms with E-state index in [0.29, 0.717) is 0 Å². The normalized spacial score (nSPS) is 17.6. The second kappa shape index (κ2) is 7.48. The second-order valence-corrected chi connectivity index (χ2v) is 6.61. The van der Waals surface area contributed by atoms with Crippen molar-refractivity contribution >= 4 is 12.1 Å². The van der Waals surface area contributed by atoms with E-state index in [-0.39, 0.29) is 25.5 Å². The zero-order chi connectivity index (χ0) is 16.8. The number of carbonyl (C=O) groups excluding carboxylic acids is 2. The number of alkyl carbamates (subject to hydrolysis) is 1. The van der Waals surface area contributed by atoms with Gasteiger partial charge in [0.2, 0.25) is 0 Å². The minimum Gasteiger partial charge on any atom is -0.465 e. The summed E-state index contributed by atoms with van der Waals surface area (Å²) >= 11 is 0. The number of amides is 1. The zero-order valence-electron chi connectivity index (χ0n) is 13.9. The summed E-state index contributed by atoms with van der Waals surface area (Å²) in [6, 6.07) is 2.16. The molecular formula is C16H26N2O4. The van der Waals surface area contributed by atoms with Crippen LogP contribution in [0.15, 0.2) is 0 Å². The van der Waals surface area contributed by atoms with Crippen molar-refractivity contribution in [3.63, 3.8) is 0 Å². The number of nitrogens with zero attached hydrogens (tertiary/aromatic N) is 1. The van der Waals surface area contributed by atoms with Crippen molar-refractivity contribution in [2.75, 3.05) is 13.2 Å². The molecule has 22 heavy (non-hydrogen) atoms. The third-order valence-electron chi connectivity index (χ3n) is 3.83. The van der Waals surface area contributed by atoms with Gasteiger partial charge in [-0.1, -0.05) is 6.42 Å². The van der Waals surface area contributed by atoms with Crippen LogP contribution in [0.5, 0.6) is 0 Å². The van der Waals surface area contributed by atoms with E-state index >= 15 is 0 Å². The van der Waals surface area contributed by atoms with E-state index in [4.69, 9.17) is 9.47 Å². The van der Waals surface area contributed by atoms with Crippen LogP contribution < -0.4 is 5.32 Å². The summed E-state index contributed by atoms with van der Waals surface area (Å²) in [5.41, 5.74) is -1.74. The Kier molecular flexibility index (Phi) is 6.21. The highest BCUT2D eigenvalue weighted by atomic mass is 16.6. The fourth-order valence-electron chi connectivity index (χ4n) is 2.50. The van der Waals surface area contributed by atoms with Gasteiger partial charge in [-0.25, -0.2) is 4.79 Å². The Morgan fingerprint density at radius 2 is 1.95 bits per heavy atom. The molecule has 0 saturated heterocycles. The van der Waals surface area contributed by atoms with Crippen molar-refractivity contribution in [1.82, 2.24) is 5.32 Å². The zero-order valence-corrected chi connectivity index (χ0v) is 13.9. The second-order valence-electron chi connectivity index (χ2n) is 6.61. The van der Waals surface area contributed by atoms with E-state index in [1.807, 2.05) is 0 Å². The molecule has 1 aliphatic carbocycles. The maximum Gasteiger partial charge on any atom is 0.407 e. The first-order valence-corrected chi connectivity index (χ1v) is 7.80. The van der Waals surface area contributed by atoms with Crippen molar-refractivity contribution in [3.05, 3.63) is 0 Å². The van der Waals surface area contributed by atoms with Crippen LogP contribution in [-0.2, 0) is 14.3 Å². The standard InChI is InChI=1S/C16H26N2O4/c1-5-21-13(19)16(11-17,12-7-6-8-12)9-10-18-14(20)22-15(2,3)4/h12H,5-10H2,1-4H3,(H,18,20). The molecular weight excluding hydrogens is 284 g/mol. The maximum atomic E-state index is 12.2. The molecule has 6 nitrogen and oxygen atoms in total. The summed E-state index contributed by atoms with van der Waals surface area (Å²) in [5, 5.41) is 12.2. The van der Waals surface area contributed by atoms with E-state index < -0.39 is 23.1 Å². The van der Waals surface area contributed by atoms with Crippen molar-refractivity contribution in [1.29, 1.82) is 5.26 Å². The lowest BCUT2D eigenvalue weighted by Gasteiger charge is -2.38. The SMILES string of the molecule is CCOC(=O)C(C#N)(CCNC(=O)OC(C)(C)C)C1CCC1. The Hall–Kier alpha value is -1.77. The minimum atomic E-state index is -1.16. The fraction of sp³-hybridized carbons (Fsp3) is 0.812. The van der Waals surface area contributed by atoms with Gasteiger partial charge in [-0.3, -0.25) is 4.79 Å². The van der Waals surface area contributed by atoms with Gasteiger partial charge in [-0.05, 0) is 52.9 Å². The highest BCUT2D eigenvalue weighted by molar-refractivity contribution is 5.80. The number of ether oxygens (including phenoxy) is 2. The molecule has 1 fully saturated rings. The number of hydrogen-bond acceptors (Lipinski definition) is 5. The number of nitrogens with one attached hydrogen (secondary N) is 1. The third kappa shape index (κ3) is 4.62. The molecule has 1 saturated carbocycles. The molecule has 0 spiro atoms. The van der Waals surface area contributed by atoms with Gasteiger partial charge in [0.05, 0.1) is 12.7 Å². The topological polar surface area (TPSA) is 88.4 Å². The van der Waals surface area contributed by atoms with Crippen LogP contribution in [0, 0.1) is 22.7 Å². The Labute approximate surface area is 132 Å². The van der Waals surface area contributed by atoms with Gasteiger partial charge < -0.3 is 14.8 Å². The van der Waals surface area contributed by atoms with Gasteiger partial charge >= 0.3 is 12.1 Å². The summed E-state index contributed by atoms with van der Waals surface area (Å²) in [4.78, 5) is 23.9. The van der Waals surface area contributed by atoms with Gasteiger partial charge in [0.15, 0.2) is 5.41 Å². The molecule has 0 heterocycles. The number of esters is 1. The van der Waals surface area contributed by atoms with Gasteiger partial charge in [-0.15, -0.1) is 0 Å². The molecule has 1 atom stereocenters. The lowest BCUT2D eigenvalue weighted by Crippen LogP contribution is -2.45. The summed E-state index contributed by atoms with van der Waals surface area (Å²) in [6.07, 6.45) is 2.41. The van der Waals surface area contributed by atoms with E-state index in [1.54, 1.807) is 27.7 Å². The van der Waals surface area contributed by atoms with E-state index in [1.165, 1.54) is 0 Å². The van der Waals surface area contributed by atoms with E-state index in [0.717, 1.165) is 19.3 Å². The lowest BCUT2D eigenvalue weighted by atomic mass is 9.64. The molecule has 1 N–H and O–H groups in total. The van der Waals surface area contributed by atoms with Crippen molar-refractivity contribution in [2.45, 2.75) is 59.0 Å². The van der Waals surface area contributed by atoms with Crippen LogP contribution in [0.1, 0.15) is 53.4 Å². The lowest BCUT2D eigenvalue weighted by molar-refractivity contribution is -0.157. The van der Waals surface area contributed by atoms with Crippen molar-refractivity contribution < 1.29 is 19.1 Å². The molecule has 1 aliphatic rings. The highest BCUT2D eigenvalue weighted by Crippen LogP contribution is 2.44. The van der Waals surface area contributed by atoms with Crippen LogP contribution >= 0.6 is 0 Å². The third-order valence-corrected chi connectivity index (χ3v) is 3.83. The van der Waals surface area contributed by atoms with E-state index in [9.17, 15) is 14.9 Å². The molecule has 0 aromatic heterocycles. The summed E-state index contributed by atoms with van der Waals surface area (Å²) in [7, 11) is 0. The average molecular weight is 310 g/mol. The number of rotatable bonds is 6. The number of carbonyl (C=O) groups is 2. The Morgan fingerprint density at radius 3 is 2.36 bits per heavy atom. The molecule has 6 heteroatoms. The molecule has 0 radical (unpaired) electrons. The van der Waals surface area contributed by atoms with Crippen molar-refractivity contribution in [2.24, 2.45) is 11.3 Å². The Balaban J connectivity index is 2.64. The maximum absolute atomic E-state index is 12.2. The van der Waals surface area contributed by atoms with Gasteiger partial charge in [-0.2, -0.15) is 5.26 Å². The monoisotopic (exact) mass is 310 g/mol. The Bertz CT molecular complexity index is 446. The molecule has 0 aliphatic heterocycles. The highest BCUT2D eigenvalue weighted by Gasteiger charge is 2.49. The largest absolute Gasteiger partial charge is 0.465 e. The van der Waals surface area contributed by atoms with Crippen LogP contribution in [0.3, 0.4) is 0 Å². The minimum absolute atomic E-state index is 0.0111. The molecule has 1 amide bonds. The quantitative estimate of drug-likeness (QED) is 0.762. The first-order valence-electron chi connectivity index (χ1n) is 7.80. The Morgan fingerprint density at radius 1 is 1.32 bits per heavy atom. The smallest absolute Gasteiger partial charge is 0.407 e. The number of nitriles is 1. The van der Waals surface area contributed by atoms with Gasteiger partial charge in [0, 0.05) is 6.54 Å². The molecule has 0 aromatic carbocycles. The predicted octanol–water partition coefficient (Wildman–Crippen LogP) is 2.77.